The van der Waals surface area contributed by atoms with E-state index in [-0.39, 0.29) is 36.2 Å². The van der Waals surface area contributed by atoms with Crippen LogP contribution in [0.1, 0.15) is 90.7 Å². The van der Waals surface area contributed by atoms with Gasteiger partial charge >= 0.3 is 6.09 Å². The van der Waals surface area contributed by atoms with E-state index in [9.17, 15) is 23.9 Å². The summed E-state index contributed by atoms with van der Waals surface area (Å²) in [5, 5.41) is 16.0. The van der Waals surface area contributed by atoms with Crippen molar-refractivity contribution < 1.29 is 33.0 Å². The number of amides is 3. The van der Waals surface area contributed by atoms with Crippen molar-refractivity contribution in [2.24, 2.45) is 23.7 Å². The van der Waals surface area contributed by atoms with Gasteiger partial charge in [0.05, 0.1) is 6.04 Å². The Morgan fingerprint density at radius 1 is 1.05 bits per heavy atom. The van der Waals surface area contributed by atoms with Crippen LogP contribution in [-0.2, 0) is 20.9 Å². The zero-order valence-corrected chi connectivity index (χ0v) is 26.3. The number of alkyl halides is 1. The van der Waals surface area contributed by atoms with E-state index in [1.165, 1.54) is 6.42 Å². The number of carbonyl (C=O) groups excluding carboxylic acids is 3. The van der Waals surface area contributed by atoms with E-state index >= 15 is 0 Å². The lowest BCUT2D eigenvalue weighted by Crippen LogP contribution is -2.50. The Balaban J connectivity index is 1.26. The van der Waals surface area contributed by atoms with Crippen LogP contribution in [0.5, 0.6) is 0 Å². The SMILES string of the molecule is CC(C)(C)OC(=O)NC(CF)C1CCC(C(=O)N2CC[C@@H](C3CCCCC3)[C@H]2C(=O)Nc2ccc3oc(CO)cc3c2)CC1. The maximum Gasteiger partial charge on any atom is 0.407 e. The maximum atomic E-state index is 14.0. The van der Waals surface area contributed by atoms with E-state index in [2.05, 4.69) is 10.6 Å². The number of carbonyl (C=O) groups is 3. The number of aliphatic hydroxyl groups excluding tert-OH is 1. The topological polar surface area (TPSA) is 121 Å². The molecular weight excluding hydrogens is 565 g/mol. The molecule has 2 saturated carbocycles. The van der Waals surface area contributed by atoms with Gasteiger partial charge in [-0.1, -0.05) is 32.1 Å². The molecule has 44 heavy (non-hydrogen) atoms. The van der Waals surface area contributed by atoms with Gasteiger partial charge in [0.25, 0.3) is 0 Å². The molecule has 2 heterocycles. The van der Waals surface area contributed by atoms with Gasteiger partial charge in [-0.3, -0.25) is 9.59 Å². The summed E-state index contributed by atoms with van der Waals surface area (Å²) in [6.45, 7) is 4.98. The van der Waals surface area contributed by atoms with E-state index in [0.29, 0.717) is 55.2 Å². The number of alkyl carbamates (subject to hydrolysis) is 1. The highest BCUT2D eigenvalue weighted by atomic mass is 19.1. The minimum atomic E-state index is -0.689. The van der Waals surface area contributed by atoms with E-state index in [1.54, 1.807) is 39.0 Å². The second-order valence-electron chi connectivity index (χ2n) is 14.0. The Labute approximate surface area is 259 Å². The highest BCUT2D eigenvalue weighted by molar-refractivity contribution is 5.99. The molecule has 10 heteroatoms. The van der Waals surface area contributed by atoms with Crippen LogP contribution >= 0.6 is 0 Å². The third-order valence-electron chi connectivity index (χ3n) is 9.80. The summed E-state index contributed by atoms with van der Waals surface area (Å²) in [6, 6.07) is 5.97. The first-order chi connectivity index (χ1) is 21.1. The van der Waals surface area contributed by atoms with Gasteiger partial charge in [0, 0.05) is 23.5 Å². The van der Waals surface area contributed by atoms with Gasteiger partial charge in [0.2, 0.25) is 11.8 Å². The summed E-state index contributed by atoms with van der Waals surface area (Å²) in [7, 11) is 0. The maximum absolute atomic E-state index is 14.0. The Hall–Kier alpha value is -3.14. The second kappa shape index (κ2) is 13.9. The summed E-state index contributed by atoms with van der Waals surface area (Å²) in [5.41, 5.74) is 0.597. The minimum absolute atomic E-state index is 0.0108. The van der Waals surface area contributed by atoms with Crippen molar-refractivity contribution in [3.8, 4) is 0 Å². The molecule has 9 nitrogen and oxygen atoms in total. The average molecular weight is 614 g/mol. The van der Waals surface area contributed by atoms with Crippen LogP contribution in [0.2, 0.25) is 0 Å². The molecule has 3 amide bonds. The Bertz CT molecular complexity index is 1310. The lowest BCUT2D eigenvalue weighted by atomic mass is 9.76. The molecule has 3 aliphatic rings. The molecule has 3 N–H and O–H groups in total. The number of anilines is 1. The van der Waals surface area contributed by atoms with Crippen molar-refractivity contribution in [2.45, 2.75) is 109 Å². The minimum Gasteiger partial charge on any atom is -0.459 e. The number of nitrogens with zero attached hydrogens (tertiary/aromatic N) is 1. The molecule has 5 rings (SSSR count). The predicted molar refractivity (Wildman–Crippen MR) is 166 cm³/mol. The van der Waals surface area contributed by atoms with Gasteiger partial charge in [-0.2, -0.15) is 0 Å². The van der Waals surface area contributed by atoms with E-state index in [0.717, 1.165) is 37.5 Å². The fraction of sp³-hybridized carbons (Fsp3) is 0.676. The Morgan fingerprint density at radius 3 is 2.43 bits per heavy atom. The molecular formula is C34H48FN3O6. The van der Waals surface area contributed by atoms with Gasteiger partial charge in [-0.05, 0) is 94.9 Å². The quantitative estimate of drug-likeness (QED) is 0.320. The van der Waals surface area contributed by atoms with Crippen molar-refractivity contribution >= 4 is 34.6 Å². The summed E-state index contributed by atoms with van der Waals surface area (Å²) in [4.78, 5) is 42.1. The molecule has 2 aliphatic carbocycles. The number of ether oxygens (including phenoxy) is 1. The van der Waals surface area contributed by atoms with Crippen molar-refractivity contribution in [3.05, 3.63) is 30.0 Å². The van der Waals surface area contributed by atoms with Gasteiger partial charge in [-0.25, -0.2) is 9.18 Å². The Morgan fingerprint density at radius 2 is 1.77 bits per heavy atom. The normalized spacial score (nSPS) is 25.5. The molecule has 3 atom stereocenters. The number of rotatable bonds is 8. The lowest BCUT2D eigenvalue weighted by molar-refractivity contribution is -0.142. The van der Waals surface area contributed by atoms with Crippen LogP contribution in [0.25, 0.3) is 11.0 Å². The summed E-state index contributed by atoms with van der Waals surface area (Å²) < 4.78 is 24.9. The molecule has 1 saturated heterocycles. The van der Waals surface area contributed by atoms with Crippen LogP contribution in [0, 0.1) is 23.7 Å². The van der Waals surface area contributed by atoms with Crippen LogP contribution in [0.3, 0.4) is 0 Å². The zero-order valence-electron chi connectivity index (χ0n) is 26.3. The van der Waals surface area contributed by atoms with Crippen LogP contribution < -0.4 is 10.6 Å². The predicted octanol–water partition coefficient (Wildman–Crippen LogP) is 6.33. The number of benzene rings is 1. The number of hydrogen-bond acceptors (Lipinski definition) is 6. The van der Waals surface area contributed by atoms with Crippen molar-refractivity contribution in [2.75, 3.05) is 18.5 Å². The van der Waals surface area contributed by atoms with Gasteiger partial charge in [-0.15, -0.1) is 0 Å². The third-order valence-corrected chi connectivity index (χ3v) is 9.80. The summed E-state index contributed by atoms with van der Waals surface area (Å²) in [5.74, 6) is 0.535. The van der Waals surface area contributed by atoms with E-state index in [1.807, 2.05) is 11.0 Å². The number of likely N-dealkylation sites (tertiary alicyclic amines) is 1. The average Bonchev–Trinajstić information content (AvgIpc) is 3.63. The van der Waals surface area contributed by atoms with Crippen LogP contribution in [-0.4, -0.2) is 58.8 Å². The molecule has 3 fully saturated rings. The number of fused-ring (bicyclic) bond motifs is 1. The number of hydrogen-bond donors (Lipinski definition) is 3. The monoisotopic (exact) mass is 613 g/mol. The van der Waals surface area contributed by atoms with E-state index < -0.39 is 30.5 Å². The van der Waals surface area contributed by atoms with Gasteiger partial charge < -0.3 is 29.8 Å². The second-order valence-corrected chi connectivity index (χ2v) is 14.0. The lowest BCUT2D eigenvalue weighted by Gasteiger charge is -2.37. The first-order valence-corrected chi connectivity index (χ1v) is 16.4. The Kier molecular flexibility index (Phi) is 10.2. The molecule has 0 spiro atoms. The zero-order chi connectivity index (χ0) is 31.4. The summed E-state index contributed by atoms with van der Waals surface area (Å²) >= 11 is 0. The molecule has 1 aromatic heterocycles. The number of halogens is 1. The standard InChI is InChI=1S/C34H48FN3O6/c1-34(2,3)44-33(42)37-28(19-35)22-9-11-23(12-10-22)32(41)38-16-15-27(21-7-5-4-6-8-21)30(38)31(40)36-25-13-14-29-24(17-25)18-26(20-39)43-29/h13-14,17-18,21-23,27-28,30,39H,4-12,15-16,19-20H2,1-3H3,(H,36,40)(H,37,42)/t22?,23?,27-,28?,30-/m0/s1. The number of aliphatic hydroxyl groups is 1. The molecule has 2 aromatic rings. The van der Waals surface area contributed by atoms with Crippen LogP contribution in [0.15, 0.2) is 28.7 Å². The highest BCUT2D eigenvalue weighted by Crippen LogP contribution is 2.41. The van der Waals surface area contributed by atoms with Gasteiger partial charge in [0.15, 0.2) is 0 Å². The number of nitrogens with one attached hydrogen (secondary N) is 2. The fourth-order valence-electron chi connectivity index (χ4n) is 7.67. The molecule has 242 valence electrons. The first kappa shape index (κ1) is 32.3. The number of furan rings is 1. The van der Waals surface area contributed by atoms with E-state index in [4.69, 9.17) is 9.15 Å². The van der Waals surface area contributed by atoms with Crippen molar-refractivity contribution in [1.29, 1.82) is 0 Å². The van der Waals surface area contributed by atoms with Crippen molar-refractivity contribution in [3.63, 3.8) is 0 Å². The molecule has 1 aliphatic heterocycles. The smallest absolute Gasteiger partial charge is 0.407 e. The largest absolute Gasteiger partial charge is 0.459 e. The third kappa shape index (κ3) is 7.56. The molecule has 0 radical (unpaired) electrons. The highest BCUT2D eigenvalue weighted by Gasteiger charge is 2.47. The van der Waals surface area contributed by atoms with Gasteiger partial charge in [0.1, 0.15) is 36.3 Å². The first-order valence-electron chi connectivity index (χ1n) is 16.4. The van der Waals surface area contributed by atoms with Crippen molar-refractivity contribution in [1.82, 2.24) is 10.2 Å². The fourth-order valence-corrected chi connectivity index (χ4v) is 7.67. The molecule has 1 unspecified atom stereocenters. The molecule has 1 aromatic carbocycles. The van der Waals surface area contributed by atoms with Crippen LogP contribution in [0.4, 0.5) is 14.9 Å². The molecule has 0 bridgehead atoms. The summed E-state index contributed by atoms with van der Waals surface area (Å²) in [6.07, 6.45) is 8.33.